The van der Waals surface area contributed by atoms with Crippen molar-refractivity contribution in [2.45, 2.75) is 39.7 Å². The maximum absolute atomic E-state index is 12.5. The third-order valence-electron chi connectivity index (χ3n) is 6.08. The highest BCUT2D eigenvalue weighted by molar-refractivity contribution is 6.11. The first-order chi connectivity index (χ1) is 14.5. The fourth-order valence-corrected chi connectivity index (χ4v) is 3.98. The van der Waals surface area contributed by atoms with Crippen molar-refractivity contribution >= 4 is 28.8 Å². The molecule has 1 unspecified atom stereocenters. The Morgan fingerprint density at radius 1 is 1.16 bits per heavy atom. The highest BCUT2D eigenvalue weighted by atomic mass is 16.4. The Morgan fingerprint density at radius 2 is 1.77 bits per heavy atom. The number of primary amides is 2. The number of hydrogen-bond donors (Lipinski definition) is 3. The number of carbonyl (C=O) groups is 3. The molecule has 1 heterocycles. The van der Waals surface area contributed by atoms with Crippen LogP contribution in [0.15, 0.2) is 36.4 Å². The highest BCUT2D eigenvalue weighted by Gasteiger charge is 2.43. The molecular formula is C23H26N4O4. The molecule has 0 saturated carbocycles. The number of aromatic carboxylic acids is 1. The minimum absolute atomic E-state index is 0.00635. The molecule has 8 nitrogen and oxygen atoms in total. The van der Waals surface area contributed by atoms with Gasteiger partial charge >= 0.3 is 5.97 Å². The van der Waals surface area contributed by atoms with Crippen molar-refractivity contribution < 1.29 is 19.5 Å². The summed E-state index contributed by atoms with van der Waals surface area (Å²) in [6.45, 7) is 7.20. The summed E-state index contributed by atoms with van der Waals surface area (Å²) in [4.78, 5) is 41.9. The van der Waals surface area contributed by atoms with Crippen LogP contribution in [0.2, 0.25) is 0 Å². The lowest BCUT2D eigenvalue weighted by Gasteiger charge is -2.33. The average molecular weight is 422 g/mol. The van der Waals surface area contributed by atoms with E-state index in [2.05, 4.69) is 4.98 Å². The largest absolute Gasteiger partial charge is 0.478 e. The third kappa shape index (κ3) is 3.54. The lowest BCUT2D eigenvalue weighted by Crippen LogP contribution is -2.45. The number of aryl methyl sites for hydroxylation is 1. The number of carboxylic acid groups (broad SMARTS) is 1. The Balaban J connectivity index is 2.46. The van der Waals surface area contributed by atoms with Crippen LogP contribution in [0.5, 0.6) is 0 Å². The summed E-state index contributed by atoms with van der Waals surface area (Å²) < 4.78 is 1.82. The standard InChI is InChI=1S/C23H26N4O4/c1-12(2)23(4,22(25)31)18-15(20(24)28)10-16-19(17(18)21(29)30)26-13(3)27(16)11-14-8-6-5-7-9-14/h5-10,12H,11H2,1-4H3,(H2,24,28)(H2,25,31)(H,29,30). The molecule has 3 aromatic rings. The number of aromatic nitrogens is 2. The van der Waals surface area contributed by atoms with Gasteiger partial charge in [-0.15, -0.1) is 0 Å². The zero-order valence-corrected chi connectivity index (χ0v) is 18.0. The number of fused-ring (bicyclic) bond motifs is 1. The van der Waals surface area contributed by atoms with Crippen LogP contribution in [-0.2, 0) is 16.8 Å². The van der Waals surface area contributed by atoms with Gasteiger partial charge in [-0.3, -0.25) is 9.59 Å². The zero-order chi connectivity index (χ0) is 23.1. The second-order valence-electron chi connectivity index (χ2n) is 8.16. The van der Waals surface area contributed by atoms with E-state index in [4.69, 9.17) is 11.5 Å². The second-order valence-corrected chi connectivity index (χ2v) is 8.16. The first-order valence-electron chi connectivity index (χ1n) is 9.91. The molecule has 0 aliphatic carbocycles. The molecule has 1 atom stereocenters. The number of nitrogens with two attached hydrogens (primary N) is 2. The topological polar surface area (TPSA) is 141 Å². The van der Waals surface area contributed by atoms with Gasteiger partial charge < -0.3 is 21.1 Å². The zero-order valence-electron chi connectivity index (χ0n) is 18.0. The van der Waals surface area contributed by atoms with Crippen molar-refractivity contribution in [1.82, 2.24) is 9.55 Å². The fraction of sp³-hybridized carbons (Fsp3) is 0.304. The van der Waals surface area contributed by atoms with Crippen LogP contribution in [-0.4, -0.2) is 32.4 Å². The number of rotatable bonds is 7. The van der Waals surface area contributed by atoms with E-state index in [0.29, 0.717) is 17.9 Å². The molecule has 0 saturated heterocycles. The number of hydrogen-bond acceptors (Lipinski definition) is 4. The van der Waals surface area contributed by atoms with E-state index in [1.807, 2.05) is 34.9 Å². The van der Waals surface area contributed by atoms with Crippen LogP contribution in [0, 0.1) is 12.8 Å². The van der Waals surface area contributed by atoms with Crippen molar-refractivity contribution in [2.24, 2.45) is 17.4 Å². The van der Waals surface area contributed by atoms with Crippen LogP contribution in [0.25, 0.3) is 11.0 Å². The number of amides is 2. The number of nitrogens with zero attached hydrogens (tertiary/aromatic N) is 2. The molecule has 0 bridgehead atoms. The van der Waals surface area contributed by atoms with Gasteiger partial charge in [0.1, 0.15) is 11.3 Å². The third-order valence-corrected chi connectivity index (χ3v) is 6.08. The van der Waals surface area contributed by atoms with Crippen LogP contribution >= 0.6 is 0 Å². The summed E-state index contributed by atoms with van der Waals surface area (Å²) >= 11 is 0. The van der Waals surface area contributed by atoms with Crippen molar-refractivity contribution in [3.05, 3.63) is 64.5 Å². The summed E-state index contributed by atoms with van der Waals surface area (Å²) in [5.74, 6) is -2.71. The molecular weight excluding hydrogens is 396 g/mol. The maximum Gasteiger partial charge on any atom is 0.338 e. The van der Waals surface area contributed by atoms with Gasteiger partial charge in [0.25, 0.3) is 0 Å². The first-order valence-corrected chi connectivity index (χ1v) is 9.91. The minimum atomic E-state index is -1.44. The van der Waals surface area contributed by atoms with E-state index in [0.717, 1.165) is 5.56 Å². The quantitative estimate of drug-likeness (QED) is 0.536. The van der Waals surface area contributed by atoms with Gasteiger partial charge in [0, 0.05) is 12.1 Å². The summed E-state index contributed by atoms with van der Waals surface area (Å²) in [6, 6.07) is 11.1. The molecule has 3 rings (SSSR count). The molecule has 2 amide bonds. The molecule has 0 spiro atoms. The van der Waals surface area contributed by atoms with Gasteiger partial charge in [0.05, 0.1) is 16.5 Å². The SMILES string of the molecule is Cc1nc2c(C(=O)O)c(C(C)(C(N)=O)C(C)C)c(C(N)=O)cc2n1Cc1ccccc1. The van der Waals surface area contributed by atoms with Gasteiger partial charge in [-0.1, -0.05) is 44.2 Å². The Bertz CT molecular complexity index is 1200. The summed E-state index contributed by atoms with van der Waals surface area (Å²) in [5, 5.41) is 10.1. The van der Waals surface area contributed by atoms with E-state index >= 15 is 0 Å². The molecule has 2 aromatic carbocycles. The van der Waals surface area contributed by atoms with Gasteiger partial charge in [0.15, 0.2) is 0 Å². The van der Waals surface area contributed by atoms with Crippen molar-refractivity contribution in [3.8, 4) is 0 Å². The summed E-state index contributed by atoms with van der Waals surface area (Å²) in [7, 11) is 0. The minimum Gasteiger partial charge on any atom is -0.478 e. The number of benzene rings is 2. The molecule has 5 N–H and O–H groups in total. The van der Waals surface area contributed by atoms with Crippen molar-refractivity contribution in [3.63, 3.8) is 0 Å². The number of carboxylic acids is 1. The number of imidazole rings is 1. The fourth-order valence-electron chi connectivity index (χ4n) is 3.98. The predicted octanol–water partition coefficient (Wildman–Crippen LogP) is 2.59. The molecule has 0 radical (unpaired) electrons. The molecule has 8 heteroatoms. The predicted molar refractivity (Wildman–Crippen MR) is 117 cm³/mol. The highest BCUT2D eigenvalue weighted by Crippen LogP contribution is 2.40. The summed E-state index contributed by atoms with van der Waals surface area (Å²) in [5.41, 5.74) is 11.3. The monoisotopic (exact) mass is 422 g/mol. The van der Waals surface area contributed by atoms with Crippen LogP contribution in [0.4, 0.5) is 0 Å². The molecule has 31 heavy (non-hydrogen) atoms. The van der Waals surface area contributed by atoms with Crippen molar-refractivity contribution in [2.75, 3.05) is 0 Å². The van der Waals surface area contributed by atoms with E-state index in [1.165, 1.54) is 13.0 Å². The van der Waals surface area contributed by atoms with Gasteiger partial charge in [0.2, 0.25) is 11.8 Å². The lowest BCUT2D eigenvalue weighted by molar-refractivity contribution is -0.124. The first kappa shape index (κ1) is 22.0. The Kier molecular flexibility index (Phi) is 5.59. The van der Waals surface area contributed by atoms with Crippen LogP contribution in [0.1, 0.15) is 58.4 Å². The van der Waals surface area contributed by atoms with Crippen molar-refractivity contribution in [1.29, 1.82) is 0 Å². The molecule has 0 aliphatic rings. The molecule has 0 fully saturated rings. The van der Waals surface area contributed by atoms with E-state index < -0.39 is 29.1 Å². The van der Waals surface area contributed by atoms with E-state index in [1.54, 1.807) is 20.8 Å². The molecule has 0 aliphatic heterocycles. The van der Waals surface area contributed by atoms with Gasteiger partial charge in [-0.05, 0) is 37.0 Å². The normalized spacial score (nSPS) is 13.3. The second kappa shape index (κ2) is 7.86. The van der Waals surface area contributed by atoms with Crippen LogP contribution < -0.4 is 11.5 Å². The molecule has 162 valence electrons. The Morgan fingerprint density at radius 3 is 2.26 bits per heavy atom. The number of carbonyl (C=O) groups excluding carboxylic acids is 2. The maximum atomic E-state index is 12.5. The van der Waals surface area contributed by atoms with E-state index in [-0.39, 0.29) is 22.2 Å². The summed E-state index contributed by atoms with van der Waals surface area (Å²) in [6.07, 6.45) is 0. The van der Waals surface area contributed by atoms with Gasteiger partial charge in [-0.2, -0.15) is 0 Å². The average Bonchev–Trinajstić information content (AvgIpc) is 3.01. The van der Waals surface area contributed by atoms with Crippen LogP contribution in [0.3, 0.4) is 0 Å². The van der Waals surface area contributed by atoms with E-state index in [9.17, 15) is 19.5 Å². The Labute approximate surface area is 179 Å². The lowest BCUT2D eigenvalue weighted by atomic mass is 9.69. The molecule has 1 aromatic heterocycles. The Hall–Kier alpha value is -3.68. The smallest absolute Gasteiger partial charge is 0.338 e. The van der Waals surface area contributed by atoms with Gasteiger partial charge in [-0.25, -0.2) is 9.78 Å².